The predicted molar refractivity (Wildman–Crippen MR) is 136 cm³/mol. The molecule has 2 aliphatic rings. The molecule has 3 rings (SSSR count). The third kappa shape index (κ3) is 9.02. The Morgan fingerprint density at radius 3 is 2.49 bits per heavy atom. The summed E-state index contributed by atoms with van der Waals surface area (Å²) in [7, 11) is 0. The van der Waals surface area contributed by atoms with Crippen molar-refractivity contribution in [3.8, 4) is 0 Å². The number of rotatable bonds is 8. The van der Waals surface area contributed by atoms with Crippen LogP contribution in [0.4, 0.5) is 4.79 Å². The van der Waals surface area contributed by atoms with Crippen molar-refractivity contribution < 1.29 is 29.0 Å². The van der Waals surface area contributed by atoms with Crippen LogP contribution in [0.3, 0.4) is 0 Å². The lowest BCUT2D eigenvalue weighted by Crippen LogP contribution is -2.46. The number of likely N-dealkylation sites (tertiary alicyclic amines) is 2. The Kier molecular flexibility index (Phi) is 9.88. The summed E-state index contributed by atoms with van der Waals surface area (Å²) in [5, 5.41) is 12.2. The van der Waals surface area contributed by atoms with Crippen LogP contribution < -0.4 is 5.32 Å². The molecule has 1 aromatic heterocycles. The van der Waals surface area contributed by atoms with Crippen molar-refractivity contribution in [1.29, 1.82) is 0 Å². The molecule has 0 saturated carbocycles. The summed E-state index contributed by atoms with van der Waals surface area (Å²) in [4.78, 5) is 57.1. The van der Waals surface area contributed by atoms with E-state index in [0.29, 0.717) is 50.5 Å². The van der Waals surface area contributed by atoms with E-state index in [4.69, 9.17) is 4.74 Å². The SMILES string of the molecule is CC(C)(C)OC(=O)N1CCC(CCC(=O)N2CCC[C@@H](C(=O)N[C@@H](CC(=O)O)c3cccnc3)C2)CC1. The highest BCUT2D eigenvalue weighted by Crippen LogP contribution is 2.25. The van der Waals surface area contributed by atoms with Gasteiger partial charge < -0.3 is 25.0 Å². The van der Waals surface area contributed by atoms with Gasteiger partial charge >= 0.3 is 12.1 Å². The monoisotopic (exact) mass is 516 g/mol. The number of aromatic nitrogens is 1. The topological polar surface area (TPSA) is 129 Å². The van der Waals surface area contributed by atoms with Gasteiger partial charge in [-0.15, -0.1) is 0 Å². The zero-order valence-electron chi connectivity index (χ0n) is 22.1. The largest absolute Gasteiger partial charge is 0.481 e. The molecule has 0 aromatic carbocycles. The maximum Gasteiger partial charge on any atom is 0.410 e. The summed E-state index contributed by atoms with van der Waals surface area (Å²) in [6, 6.07) is 2.78. The number of carboxylic acid groups (broad SMARTS) is 1. The zero-order chi connectivity index (χ0) is 27.0. The normalized spacial score (nSPS) is 19.7. The molecule has 0 bridgehead atoms. The number of nitrogens with one attached hydrogen (secondary N) is 1. The van der Waals surface area contributed by atoms with Crippen LogP contribution in [-0.4, -0.2) is 75.5 Å². The van der Waals surface area contributed by atoms with Gasteiger partial charge in [0.1, 0.15) is 5.60 Å². The lowest BCUT2D eigenvalue weighted by Gasteiger charge is -2.35. The van der Waals surface area contributed by atoms with E-state index in [1.54, 1.807) is 34.3 Å². The predicted octanol–water partition coefficient (Wildman–Crippen LogP) is 3.38. The Labute approximate surface area is 218 Å². The average Bonchev–Trinajstić information content (AvgIpc) is 2.86. The van der Waals surface area contributed by atoms with Crippen molar-refractivity contribution in [3.63, 3.8) is 0 Å². The number of carbonyl (C=O) groups excluding carboxylic acids is 3. The van der Waals surface area contributed by atoms with Crippen LogP contribution in [0.1, 0.15) is 77.3 Å². The molecule has 3 amide bonds. The lowest BCUT2D eigenvalue weighted by molar-refractivity contribution is -0.138. The summed E-state index contributed by atoms with van der Waals surface area (Å²) in [5.74, 6) is -1.19. The quantitative estimate of drug-likeness (QED) is 0.542. The number of carbonyl (C=O) groups is 4. The number of hydrogen-bond acceptors (Lipinski definition) is 6. The van der Waals surface area contributed by atoms with Crippen molar-refractivity contribution in [3.05, 3.63) is 30.1 Å². The van der Waals surface area contributed by atoms with Crippen LogP contribution in [0.5, 0.6) is 0 Å². The minimum atomic E-state index is -1.01. The standard InChI is InChI=1S/C27H40N4O6/c1-27(2,3)37-26(36)30-14-10-19(11-15-30)8-9-23(32)31-13-5-7-21(18-31)25(35)29-22(16-24(33)34)20-6-4-12-28-17-20/h4,6,12,17,19,21-22H,5,7-11,13-16,18H2,1-3H3,(H,29,35)(H,33,34)/t21-,22+/m1/s1. The molecule has 0 radical (unpaired) electrons. The highest BCUT2D eigenvalue weighted by molar-refractivity contribution is 5.82. The van der Waals surface area contributed by atoms with Crippen LogP contribution in [0.2, 0.25) is 0 Å². The number of ether oxygens (including phenoxy) is 1. The van der Waals surface area contributed by atoms with Gasteiger partial charge in [0.25, 0.3) is 0 Å². The molecule has 3 heterocycles. The Morgan fingerprint density at radius 1 is 1.14 bits per heavy atom. The van der Waals surface area contributed by atoms with E-state index in [0.717, 1.165) is 25.7 Å². The fourth-order valence-corrected chi connectivity index (χ4v) is 4.93. The van der Waals surface area contributed by atoms with E-state index in [-0.39, 0.29) is 30.2 Å². The van der Waals surface area contributed by atoms with Crippen molar-refractivity contribution in [2.45, 2.75) is 77.4 Å². The first-order valence-corrected chi connectivity index (χ1v) is 13.2. The zero-order valence-corrected chi connectivity index (χ0v) is 22.1. The number of carboxylic acids is 1. The van der Waals surface area contributed by atoms with Crippen LogP contribution in [-0.2, 0) is 19.1 Å². The van der Waals surface area contributed by atoms with Gasteiger partial charge in [-0.05, 0) is 70.4 Å². The van der Waals surface area contributed by atoms with Crippen LogP contribution in [0, 0.1) is 11.8 Å². The van der Waals surface area contributed by atoms with E-state index < -0.39 is 17.6 Å². The second-order valence-corrected chi connectivity index (χ2v) is 11.1. The molecule has 2 aliphatic heterocycles. The van der Waals surface area contributed by atoms with Crippen LogP contribution in [0.25, 0.3) is 0 Å². The third-order valence-electron chi connectivity index (χ3n) is 6.96. The maximum atomic E-state index is 13.0. The minimum absolute atomic E-state index is 0.0430. The molecule has 204 valence electrons. The molecule has 2 fully saturated rings. The molecular formula is C27H40N4O6. The summed E-state index contributed by atoms with van der Waals surface area (Å²) in [6.07, 6.45) is 6.89. The molecular weight excluding hydrogens is 476 g/mol. The highest BCUT2D eigenvalue weighted by atomic mass is 16.6. The third-order valence-corrected chi connectivity index (χ3v) is 6.96. The van der Waals surface area contributed by atoms with Gasteiger partial charge in [0.15, 0.2) is 0 Å². The van der Waals surface area contributed by atoms with Gasteiger partial charge in [0.2, 0.25) is 11.8 Å². The van der Waals surface area contributed by atoms with Gasteiger partial charge in [0.05, 0.1) is 18.4 Å². The van der Waals surface area contributed by atoms with E-state index in [1.807, 2.05) is 20.8 Å². The Hall–Kier alpha value is -3.17. The second-order valence-electron chi connectivity index (χ2n) is 11.1. The number of nitrogens with zero attached hydrogens (tertiary/aromatic N) is 3. The van der Waals surface area contributed by atoms with Gasteiger partial charge in [-0.25, -0.2) is 4.79 Å². The number of aliphatic carboxylic acids is 1. The molecule has 1 aromatic rings. The summed E-state index contributed by atoms with van der Waals surface area (Å²) < 4.78 is 5.45. The van der Waals surface area contributed by atoms with Gasteiger partial charge in [-0.1, -0.05) is 6.07 Å². The molecule has 0 unspecified atom stereocenters. The highest BCUT2D eigenvalue weighted by Gasteiger charge is 2.31. The first-order chi connectivity index (χ1) is 17.5. The minimum Gasteiger partial charge on any atom is -0.481 e. The Morgan fingerprint density at radius 2 is 1.86 bits per heavy atom. The molecule has 37 heavy (non-hydrogen) atoms. The van der Waals surface area contributed by atoms with Gasteiger partial charge in [0, 0.05) is 45.0 Å². The first-order valence-electron chi connectivity index (χ1n) is 13.2. The summed E-state index contributed by atoms with van der Waals surface area (Å²) in [5.41, 5.74) is 0.124. The van der Waals surface area contributed by atoms with Crippen molar-refractivity contribution in [2.24, 2.45) is 11.8 Å². The molecule has 0 aliphatic carbocycles. The van der Waals surface area contributed by atoms with Crippen molar-refractivity contribution in [2.75, 3.05) is 26.2 Å². The molecule has 2 atom stereocenters. The summed E-state index contributed by atoms with van der Waals surface area (Å²) in [6.45, 7) is 7.80. The maximum absolute atomic E-state index is 13.0. The Bertz CT molecular complexity index is 940. The summed E-state index contributed by atoms with van der Waals surface area (Å²) >= 11 is 0. The fraction of sp³-hybridized carbons (Fsp3) is 0.667. The van der Waals surface area contributed by atoms with E-state index in [2.05, 4.69) is 10.3 Å². The Balaban J connectivity index is 1.45. The number of hydrogen-bond donors (Lipinski definition) is 2. The molecule has 2 saturated heterocycles. The second kappa shape index (κ2) is 12.9. The smallest absolute Gasteiger partial charge is 0.410 e. The van der Waals surface area contributed by atoms with Crippen molar-refractivity contribution >= 4 is 23.9 Å². The van der Waals surface area contributed by atoms with E-state index in [1.165, 1.54) is 0 Å². The fourth-order valence-electron chi connectivity index (χ4n) is 4.93. The van der Waals surface area contributed by atoms with Crippen molar-refractivity contribution in [1.82, 2.24) is 20.1 Å². The average molecular weight is 517 g/mol. The van der Waals surface area contributed by atoms with E-state index >= 15 is 0 Å². The van der Waals surface area contributed by atoms with Crippen LogP contribution >= 0.6 is 0 Å². The molecule has 10 heteroatoms. The van der Waals surface area contributed by atoms with Gasteiger partial charge in [-0.2, -0.15) is 0 Å². The first kappa shape index (κ1) is 28.4. The molecule has 10 nitrogen and oxygen atoms in total. The number of amides is 3. The van der Waals surface area contributed by atoms with E-state index in [9.17, 15) is 24.3 Å². The molecule has 0 spiro atoms. The van der Waals surface area contributed by atoms with Crippen LogP contribution in [0.15, 0.2) is 24.5 Å². The molecule has 2 N–H and O–H groups in total. The lowest BCUT2D eigenvalue weighted by atomic mass is 9.91. The number of piperidine rings is 2. The van der Waals surface area contributed by atoms with Gasteiger partial charge in [-0.3, -0.25) is 19.4 Å². The number of pyridine rings is 1.